The van der Waals surface area contributed by atoms with Crippen LogP contribution in [-0.4, -0.2) is 26.5 Å². The van der Waals surface area contributed by atoms with Crippen molar-refractivity contribution in [1.29, 1.82) is 0 Å². The van der Waals surface area contributed by atoms with Crippen LogP contribution in [0.15, 0.2) is 53.7 Å². The molecule has 0 aliphatic heterocycles. The number of aromatic nitrogens is 3. The summed E-state index contributed by atoms with van der Waals surface area (Å²) in [5.41, 5.74) is 3.31. The number of fused-ring (bicyclic) bond motifs is 1. The molecule has 0 unspecified atom stereocenters. The number of carbonyl (C=O) groups excluding carboxylic acids is 1. The monoisotopic (exact) mass is 413 g/mol. The Morgan fingerprint density at radius 3 is 2.96 bits per heavy atom. The average molecular weight is 414 g/mol. The van der Waals surface area contributed by atoms with Gasteiger partial charge in [-0.05, 0) is 42.5 Å². The maximum atomic E-state index is 12.5. The molecule has 0 saturated carbocycles. The highest BCUT2D eigenvalue weighted by atomic mass is 35.5. The zero-order valence-corrected chi connectivity index (χ0v) is 16.7. The fourth-order valence-electron chi connectivity index (χ4n) is 3.47. The van der Waals surface area contributed by atoms with Gasteiger partial charge in [-0.3, -0.25) is 4.79 Å². The van der Waals surface area contributed by atoms with Crippen LogP contribution in [0.25, 0.3) is 11.4 Å². The third kappa shape index (κ3) is 4.00. The van der Waals surface area contributed by atoms with Crippen molar-refractivity contribution >= 4 is 29.3 Å². The number of hydrogen-bond donors (Lipinski definition) is 2. The average Bonchev–Trinajstić information content (AvgIpc) is 3.07. The summed E-state index contributed by atoms with van der Waals surface area (Å²) in [4.78, 5) is 12.5. The van der Waals surface area contributed by atoms with Crippen LogP contribution in [0.1, 0.15) is 30.0 Å². The highest BCUT2D eigenvalue weighted by Gasteiger charge is 2.22. The van der Waals surface area contributed by atoms with E-state index in [9.17, 15) is 4.79 Å². The highest BCUT2D eigenvalue weighted by molar-refractivity contribution is 7.99. The Kier molecular flexibility index (Phi) is 5.54. The molecule has 3 aromatic rings. The largest absolute Gasteiger partial charge is 0.349 e. The van der Waals surface area contributed by atoms with E-state index in [0.717, 1.165) is 24.8 Å². The molecule has 1 aliphatic rings. The molecular weight excluding hydrogens is 394 g/mol. The number of thioether (sulfide) groups is 1. The van der Waals surface area contributed by atoms with E-state index in [-0.39, 0.29) is 17.7 Å². The van der Waals surface area contributed by atoms with E-state index in [1.807, 2.05) is 24.3 Å². The minimum Gasteiger partial charge on any atom is -0.349 e. The number of hydrogen-bond acceptors (Lipinski definition) is 5. The van der Waals surface area contributed by atoms with Crippen molar-refractivity contribution < 1.29 is 4.79 Å². The molecule has 4 rings (SSSR count). The molecule has 1 atom stereocenters. The molecule has 0 saturated heterocycles. The summed E-state index contributed by atoms with van der Waals surface area (Å²) in [6.07, 6.45) is 3.11. The lowest BCUT2D eigenvalue weighted by Crippen LogP contribution is -2.32. The smallest absolute Gasteiger partial charge is 0.230 e. The van der Waals surface area contributed by atoms with Gasteiger partial charge in [-0.2, -0.15) is 0 Å². The Morgan fingerprint density at radius 2 is 2.11 bits per heavy atom. The lowest BCUT2D eigenvalue weighted by atomic mass is 9.88. The minimum absolute atomic E-state index is 0.0426. The van der Waals surface area contributed by atoms with Gasteiger partial charge in [0, 0.05) is 10.6 Å². The topological polar surface area (TPSA) is 85.8 Å². The van der Waals surface area contributed by atoms with Crippen molar-refractivity contribution in [3.05, 3.63) is 64.7 Å². The van der Waals surface area contributed by atoms with Gasteiger partial charge in [0.15, 0.2) is 5.82 Å². The molecule has 0 radical (unpaired) electrons. The van der Waals surface area contributed by atoms with Gasteiger partial charge in [-0.25, -0.2) is 4.68 Å². The first-order valence-electron chi connectivity index (χ1n) is 9.08. The second kappa shape index (κ2) is 8.24. The lowest BCUT2D eigenvalue weighted by Gasteiger charge is -2.26. The van der Waals surface area contributed by atoms with Crippen molar-refractivity contribution in [2.75, 3.05) is 11.6 Å². The first-order valence-corrected chi connectivity index (χ1v) is 10.4. The molecule has 1 amide bonds. The zero-order chi connectivity index (χ0) is 19.5. The van der Waals surface area contributed by atoms with Crippen LogP contribution in [0, 0.1) is 0 Å². The van der Waals surface area contributed by atoms with Gasteiger partial charge in [0.2, 0.25) is 11.1 Å². The van der Waals surface area contributed by atoms with Crippen LogP contribution in [-0.2, 0) is 11.2 Å². The maximum Gasteiger partial charge on any atom is 0.230 e. The molecule has 1 heterocycles. The summed E-state index contributed by atoms with van der Waals surface area (Å²) in [6.45, 7) is 0. The van der Waals surface area contributed by atoms with Gasteiger partial charge in [0.1, 0.15) is 0 Å². The van der Waals surface area contributed by atoms with Crippen LogP contribution in [0.5, 0.6) is 0 Å². The Labute approximate surface area is 172 Å². The van der Waals surface area contributed by atoms with E-state index in [1.54, 1.807) is 12.1 Å². The van der Waals surface area contributed by atoms with Gasteiger partial charge in [-0.1, -0.05) is 59.8 Å². The number of aryl methyl sites for hydroxylation is 1. The number of amides is 1. The second-order valence-corrected chi connectivity index (χ2v) is 8.07. The van der Waals surface area contributed by atoms with Gasteiger partial charge >= 0.3 is 0 Å². The SMILES string of the molecule is Nn1c(SCC(=O)N[C@H]2CCCc3ccccc32)nnc1-c1cccc(Cl)c1. The fourth-order valence-corrected chi connectivity index (χ4v) is 4.33. The number of carbonyl (C=O) groups is 1. The molecule has 0 spiro atoms. The molecule has 6 nitrogen and oxygen atoms in total. The van der Waals surface area contributed by atoms with Crippen molar-refractivity contribution in [1.82, 2.24) is 20.2 Å². The van der Waals surface area contributed by atoms with Crippen LogP contribution in [0.2, 0.25) is 5.02 Å². The standard InChI is InChI=1S/C20H20ClN5OS/c21-15-8-3-7-14(11-15)19-24-25-20(26(19)22)28-12-18(27)23-17-10-4-6-13-5-1-2-9-16(13)17/h1-3,5,7-9,11,17H,4,6,10,12,22H2,(H,23,27)/t17-/m0/s1. The first-order chi connectivity index (χ1) is 13.6. The fraction of sp³-hybridized carbons (Fsp3) is 0.250. The first kappa shape index (κ1) is 18.8. The number of nitrogens with one attached hydrogen (secondary N) is 1. The van der Waals surface area contributed by atoms with E-state index in [2.05, 4.69) is 27.6 Å². The minimum atomic E-state index is -0.0426. The summed E-state index contributed by atoms with van der Waals surface area (Å²) in [5.74, 6) is 6.80. The van der Waals surface area contributed by atoms with E-state index in [4.69, 9.17) is 17.4 Å². The number of nitrogens with zero attached hydrogens (tertiary/aromatic N) is 3. The van der Waals surface area contributed by atoms with E-state index >= 15 is 0 Å². The normalized spacial score (nSPS) is 15.8. The predicted molar refractivity (Wildman–Crippen MR) is 112 cm³/mol. The predicted octanol–water partition coefficient (Wildman–Crippen LogP) is 3.60. The molecular formula is C20H20ClN5OS. The molecule has 3 N–H and O–H groups in total. The van der Waals surface area contributed by atoms with Crippen LogP contribution in [0.3, 0.4) is 0 Å². The zero-order valence-electron chi connectivity index (χ0n) is 15.1. The molecule has 1 aliphatic carbocycles. The van der Waals surface area contributed by atoms with Gasteiger partial charge in [0.05, 0.1) is 11.8 Å². The third-order valence-corrected chi connectivity index (χ3v) is 5.96. The number of rotatable bonds is 5. The van der Waals surface area contributed by atoms with Crippen molar-refractivity contribution in [2.45, 2.75) is 30.5 Å². The molecule has 2 aromatic carbocycles. The van der Waals surface area contributed by atoms with Gasteiger partial charge in [0.25, 0.3) is 0 Å². The van der Waals surface area contributed by atoms with E-state index in [0.29, 0.717) is 16.0 Å². The van der Waals surface area contributed by atoms with Crippen LogP contribution in [0.4, 0.5) is 0 Å². The Morgan fingerprint density at radius 1 is 1.25 bits per heavy atom. The molecule has 1 aromatic heterocycles. The Bertz CT molecular complexity index is 1010. The molecule has 0 bridgehead atoms. The molecule has 144 valence electrons. The van der Waals surface area contributed by atoms with Gasteiger partial charge < -0.3 is 11.2 Å². The highest BCUT2D eigenvalue weighted by Crippen LogP contribution is 2.30. The number of benzene rings is 2. The quantitative estimate of drug-likeness (QED) is 0.493. The van der Waals surface area contributed by atoms with Gasteiger partial charge in [-0.15, -0.1) is 10.2 Å². The summed E-state index contributed by atoms with van der Waals surface area (Å²) in [7, 11) is 0. The number of halogens is 1. The summed E-state index contributed by atoms with van der Waals surface area (Å²) in [6, 6.07) is 15.6. The molecule has 8 heteroatoms. The Balaban J connectivity index is 1.40. The number of nitrogen functional groups attached to an aromatic ring is 1. The summed E-state index contributed by atoms with van der Waals surface area (Å²) >= 11 is 7.29. The summed E-state index contributed by atoms with van der Waals surface area (Å²) < 4.78 is 1.39. The van der Waals surface area contributed by atoms with Crippen molar-refractivity contribution in [3.63, 3.8) is 0 Å². The van der Waals surface area contributed by atoms with E-state index < -0.39 is 0 Å². The molecule has 0 fully saturated rings. The second-order valence-electron chi connectivity index (χ2n) is 6.69. The molecule has 28 heavy (non-hydrogen) atoms. The van der Waals surface area contributed by atoms with Crippen LogP contribution < -0.4 is 11.2 Å². The summed E-state index contributed by atoms with van der Waals surface area (Å²) in [5, 5.41) is 12.4. The van der Waals surface area contributed by atoms with Crippen molar-refractivity contribution in [2.24, 2.45) is 0 Å². The third-order valence-electron chi connectivity index (χ3n) is 4.78. The Hall–Kier alpha value is -2.51. The lowest BCUT2D eigenvalue weighted by molar-refractivity contribution is -0.119. The van der Waals surface area contributed by atoms with Crippen molar-refractivity contribution in [3.8, 4) is 11.4 Å². The number of nitrogens with two attached hydrogens (primary N) is 1. The van der Waals surface area contributed by atoms with Crippen LogP contribution >= 0.6 is 23.4 Å². The van der Waals surface area contributed by atoms with E-state index in [1.165, 1.54) is 27.6 Å². The maximum absolute atomic E-state index is 12.5.